The highest BCUT2D eigenvalue weighted by Gasteiger charge is 2.50. The van der Waals surface area contributed by atoms with Gasteiger partial charge in [-0.2, -0.15) is 0 Å². The average molecular weight is 154 g/mol. The Labute approximate surface area is 71.4 Å². The van der Waals surface area contributed by atoms with Crippen LogP contribution < -0.4 is 0 Å². The molecule has 0 aromatic rings. The lowest BCUT2D eigenvalue weighted by atomic mass is 9.48. The molecule has 0 nitrogen and oxygen atoms in total. The molecule has 66 valence electrons. The van der Waals surface area contributed by atoms with Crippen molar-refractivity contribution < 1.29 is 0 Å². The van der Waals surface area contributed by atoms with E-state index in [4.69, 9.17) is 0 Å². The van der Waals surface area contributed by atoms with Crippen LogP contribution in [0.1, 0.15) is 59.8 Å². The molecule has 0 N–H and O–H groups in total. The van der Waals surface area contributed by atoms with Gasteiger partial charge in [0.05, 0.1) is 0 Å². The molecule has 1 rings (SSSR count). The van der Waals surface area contributed by atoms with Gasteiger partial charge in [-0.15, -0.1) is 0 Å². The van der Waals surface area contributed by atoms with Crippen molar-refractivity contribution in [2.24, 2.45) is 10.8 Å². The van der Waals surface area contributed by atoms with E-state index in [1.165, 1.54) is 32.1 Å². The molecule has 0 heterocycles. The van der Waals surface area contributed by atoms with Gasteiger partial charge in [-0.25, -0.2) is 0 Å². The minimum atomic E-state index is 0.637. The Hall–Kier alpha value is 0. The number of hydrogen-bond acceptors (Lipinski definition) is 0. The Bertz CT molecular complexity index is 131. The summed E-state index contributed by atoms with van der Waals surface area (Å²) in [6.45, 7) is 9.55. The Morgan fingerprint density at radius 2 is 1.73 bits per heavy atom. The molecular weight excluding hydrogens is 132 g/mol. The van der Waals surface area contributed by atoms with Crippen LogP contribution in [0.5, 0.6) is 0 Å². The van der Waals surface area contributed by atoms with E-state index in [0.29, 0.717) is 10.8 Å². The second-order valence-electron chi connectivity index (χ2n) is 4.77. The van der Waals surface area contributed by atoms with Gasteiger partial charge in [-0.1, -0.05) is 34.1 Å². The predicted molar refractivity (Wildman–Crippen MR) is 50.6 cm³/mol. The van der Waals surface area contributed by atoms with Gasteiger partial charge < -0.3 is 0 Å². The molecule has 1 saturated carbocycles. The first-order valence-electron chi connectivity index (χ1n) is 5.08. The Morgan fingerprint density at radius 3 is 1.82 bits per heavy atom. The summed E-state index contributed by atoms with van der Waals surface area (Å²) < 4.78 is 0. The van der Waals surface area contributed by atoms with Crippen LogP contribution in [0.4, 0.5) is 0 Å². The van der Waals surface area contributed by atoms with E-state index in [0.717, 1.165) is 0 Å². The highest BCUT2D eigenvalue weighted by atomic mass is 14.5. The van der Waals surface area contributed by atoms with E-state index in [-0.39, 0.29) is 0 Å². The van der Waals surface area contributed by atoms with E-state index in [1.54, 1.807) is 0 Å². The molecule has 0 spiro atoms. The molecule has 0 saturated heterocycles. The predicted octanol–water partition coefficient (Wildman–Crippen LogP) is 4.00. The summed E-state index contributed by atoms with van der Waals surface area (Å²) in [4.78, 5) is 0. The standard InChI is InChI=1S/C11H22/c1-5-7-11(6-2)9-8-10(11,3)4/h5-9H2,1-4H3. The maximum Gasteiger partial charge on any atom is -0.0249 e. The highest BCUT2D eigenvalue weighted by molar-refractivity contribution is 5.00. The zero-order chi connectivity index (χ0) is 8.54. The van der Waals surface area contributed by atoms with Crippen molar-refractivity contribution in [2.45, 2.75) is 59.8 Å². The van der Waals surface area contributed by atoms with Gasteiger partial charge in [0, 0.05) is 0 Å². The second kappa shape index (κ2) is 2.80. The molecule has 1 atom stereocenters. The molecule has 1 fully saturated rings. The van der Waals surface area contributed by atoms with E-state index >= 15 is 0 Å². The minimum Gasteiger partial charge on any atom is -0.0654 e. The molecular formula is C11H22. The third-order valence-corrected chi connectivity index (χ3v) is 4.07. The van der Waals surface area contributed by atoms with E-state index < -0.39 is 0 Å². The van der Waals surface area contributed by atoms with Crippen LogP contribution in [0.3, 0.4) is 0 Å². The third-order valence-electron chi connectivity index (χ3n) is 4.07. The van der Waals surface area contributed by atoms with E-state index in [9.17, 15) is 0 Å². The van der Waals surface area contributed by atoms with Crippen LogP contribution in [0.25, 0.3) is 0 Å². The molecule has 0 aliphatic heterocycles. The average Bonchev–Trinajstić information content (AvgIpc) is 1.98. The number of hydrogen-bond donors (Lipinski definition) is 0. The highest BCUT2D eigenvalue weighted by Crippen LogP contribution is 2.60. The monoisotopic (exact) mass is 154 g/mol. The summed E-state index contributed by atoms with van der Waals surface area (Å²) >= 11 is 0. The van der Waals surface area contributed by atoms with Crippen LogP contribution in [-0.4, -0.2) is 0 Å². The lowest BCUT2D eigenvalue weighted by molar-refractivity contribution is -0.0625. The fourth-order valence-electron chi connectivity index (χ4n) is 2.75. The van der Waals surface area contributed by atoms with Crippen LogP contribution in [0.2, 0.25) is 0 Å². The van der Waals surface area contributed by atoms with Gasteiger partial charge in [0.15, 0.2) is 0 Å². The summed E-state index contributed by atoms with van der Waals surface area (Å²) in [5, 5.41) is 0. The largest absolute Gasteiger partial charge is 0.0654 e. The zero-order valence-electron chi connectivity index (χ0n) is 8.54. The lowest BCUT2D eigenvalue weighted by Crippen LogP contribution is -2.46. The van der Waals surface area contributed by atoms with Crippen molar-refractivity contribution in [3.8, 4) is 0 Å². The van der Waals surface area contributed by atoms with Gasteiger partial charge in [-0.3, -0.25) is 0 Å². The normalized spacial score (nSPS) is 34.9. The van der Waals surface area contributed by atoms with Gasteiger partial charge in [-0.05, 0) is 36.5 Å². The van der Waals surface area contributed by atoms with E-state index in [1.807, 2.05) is 0 Å². The quantitative estimate of drug-likeness (QED) is 0.576. The Balaban J connectivity index is 2.62. The fourth-order valence-corrected chi connectivity index (χ4v) is 2.75. The van der Waals surface area contributed by atoms with Gasteiger partial charge in [0.25, 0.3) is 0 Å². The number of rotatable bonds is 3. The fraction of sp³-hybridized carbons (Fsp3) is 1.00. The first-order valence-corrected chi connectivity index (χ1v) is 5.08. The minimum absolute atomic E-state index is 0.637. The lowest BCUT2D eigenvalue weighted by Gasteiger charge is -2.57. The Morgan fingerprint density at radius 1 is 1.09 bits per heavy atom. The maximum atomic E-state index is 2.44. The summed E-state index contributed by atoms with van der Waals surface area (Å²) in [5.74, 6) is 0. The summed E-state index contributed by atoms with van der Waals surface area (Å²) in [6, 6.07) is 0. The van der Waals surface area contributed by atoms with Gasteiger partial charge >= 0.3 is 0 Å². The van der Waals surface area contributed by atoms with Crippen molar-refractivity contribution in [2.75, 3.05) is 0 Å². The van der Waals surface area contributed by atoms with Crippen molar-refractivity contribution in [3.63, 3.8) is 0 Å². The Kier molecular flexibility index (Phi) is 2.32. The zero-order valence-corrected chi connectivity index (χ0v) is 8.54. The first-order chi connectivity index (χ1) is 5.08. The smallest absolute Gasteiger partial charge is 0.0249 e. The van der Waals surface area contributed by atoms with Crippen molar-refractivity contribution in [1.82, 2.24) is 0 Å². The molecule has 0 aromatic carbocycles. The SMILES string of the molecule is CCCC1(CC)CCC1(C)C. The summed E-state index contributed by atoms with van der Waals surface area (Å²) in [7, 11) is 0. The molecule has 1 aliphatic rings. The molecule has 0 amide bonds. The van der Waals surface area contributed by atoms with Gasteiger partial charge in [0.2, 0.25) is 0 Å². The molecule has 0 bridgehead atoms. The van der Waals surface area contributed by atoms with Crippen molar-refractivity contribution >= 4 is 0 Å². The van der Waals surface area contributed by atoms with Crippen LogP contribution in [-0.2, 0) is 0 Å². The van der Waals surface area contributed by atoms with Gasteiger partial charge in [0.1, 0.15) is 0 Å². The third kappa shape index (κ3) is 1.21. The molecule has 0 heteroatoms. The second-order valence-corrected chi connectivity index (χ2v) is 4.77. The van der Waals surface area contributed by atoms with Crippen LogP contribution in [0, 0.1) is 10.8 Å². The summed E-state index contributed by atoms with van der Waals surface area (Å²) in [5.41, 5.74) is 1.35. The molecule has 11 heavy (non-hydrogen) atoms. The van der Waals surface area contributed by atoms with Crippen molar-refractivity contribution in [1.29, 1.82) is 0 Å². The topological polar surface area (TPSA) is 0 Å². The van der Waals surface area contributed by atoms with Crippen molar-refractivity contribution in [3.05, 3.63) is 0 Å². The van der Waals surface area contributed by atoms with Crippen LogP contribution in [0.15, 0.2) is 0 Å². The molecule has 0 radical (unpaired) electrons. The van der Waals surface area contributed by atoms with E-state index in [2.05, 4.69) is 27.7 Å². The summed E-state index contributed by atoms with van der Waals surface area (Å²) in [6.07, 6.45) is 7.10. The maximum absolute atomic E-state index is 2.44. The molecule has 1 unspecified atom stereocenters. The first kappa shape index (κ1) is 9.09. The molecule has 0 aromatic heterocycles. The molecule has 1 aliphatic carbocycles. The van der Waals surface area contributed by atoms with Crippen LogP contribution >= 0.6 is 0 Å².